The molecule has 0 spiro atoms. The van der Waals surface area contributed by atoms with Crippen molar-refractivity contribution >= 4 is 16.9 Å². The highest BCUT2D eigenvalue weighted by Gasteiger charge is 2.27. The van der Waals surface area contributed by atoms with Crippen molar-refractivity contribution in [2.24, 2.45) is 5.92 Å². The number of benzene rings is 3. The number of hydrogen-bond donors (Lipinski definition) is 0. The standard InChI is InChI=1S/C18H15S.C5H10O2/c1-4-10-16(11-5-1)19(17-12-6-2-7-13-17)18-14-8-3-9-15-18;1-4(2)5(6)7-3/h1-15H;4H,1-3H3/q+1;. The molecule has 3 rings (SSSR count). The summed E-state index contributed by atoms with van der Waals surface area (Å²) in [7, 11) is 1.38. The van der Waals surface area contributed by atoms with Gasteiger partial charge in [0, 0.05) is 0 Å². The van der Waals surface area contributed by atoms with Crippen molar-refractivity contribution in [3.63, 3.8) is 0 Å². The summed E-state index contributed by atoms with van der Waals surface area (Å²) in [5.41, 5.74) is 0. The molecule has 0 aliphatic carbocycles. The minimum atomic E-state index is -0.153. The van der Waals surface area contributed by atoms with Gasteiger partial charge in [0.25, 0.3) is 0 Å². The van der Waals surface area contributed by atoms with Crippen LogP contribution in [0.1, 0.15) is 13.8 Å². The average Bonchev–Trinajstić information content (AvgIpc) is 2.70. The number of hydrogen-bond acceptors (Lipinski definition) is 2. The Labute approximate surface area is 159 Å². The normalized spacial score (nSPS) is 10.2. The largest absolute Gasteiger partial charge is 0.469 e. The molecule has 0 fully saturated rings. The van der Waals surface area contributed by atoms with Gasteiger partial charge in [0.05, 0.1) is 23.9 Å². The summed E-state index contributed by atoms with van der Waals surface area (Å²) >= 11 is 0. The minimum Gasteiger partial charge on any atom is -0.469 e. The molecule has 0 aliphatic heterocycles. The van der Waals surface area contributed by atoms with E-state index in [-0.39, 0.29) is 22.8 Å². The highest BCUT2D eigenvalue weighted by atomic mass is 32.2. The van der Waals surface area contributed by atoms with E-state index in [1.54, 1.807) is 13.8 Å². The lowest BCUT2D eigenvalue weighted by Crippen LogP contribution is -2.07. The van der Waals surface area contributed by atoms with Crippen LogP contribution >= 0.6 is 0 Å². The summed E-state index contributed by atoms with van der Waals surface area (Å²) in [6.45, 7) is 3.59. The molecule has 0 unspecified atom stereocenters. The molecule has 0 N–H and O–H groups in total. The second-order valence-corrected chi connectivity index (χ2v) is 7.95. The lowest BCUT2D eigenvalue weighted by Gasteiger charge is -2.07. The monoisotopic (exact) mass is 365 g/mol. The van der Waals surface area contributed by atoms with Crippen LogP contribution in [0, 0.1) is 5.92 Å². The van der Waals surface area contributed by atoms with Crippen molar-refractivity contribution in [1.82, 2.24) is 0 Å². The second-order valence-electron chi connectivity index (χ2n) is 5.92. The van der Waals surface area contributed by atoms with Crippen molar-refractivity contribution in [2.45, 2.75) is 28.5 Å². The molecule has 134 valence electrons. The van der Waals surface area contributed by atoms with Crippen LogP contribution in [0.4, 0.5) is 0 Å². The van der Waals surface area contributed by atoms with Gasteiger partial charge in [-0.3, -0.25) is 4.79 Å². The summed E-state index contributed by atoms with van der Waals surface area (Å²) in [6.07, 6.45) is 0. The van der Waals surface area contributed by atoms with Gasteiger partial charge >= 0.3 is 5.97 Å². The van der Waals surface area contributed by atoms with E-state index in [1.165, 1.54) is 21.8 Å². The van der Waals surface area contributed by atoms with Gasteiger partial charge in [0.1, 0.15) is 0 Å². The number of methoxy groups -OCH3 is 1. The molecule has 0 atom stereocenters. The Kier molecular flexibility index (Phi) is 7.97. The van der Waals surface area contributed by atoms with Crippen LogP contribution in [-0.4, -0.2) is 13.1 Å². The summed E-state index contributed by atoms with van der Waals surface area (Å²) < 4.78 is 4.37. The van der Waals surface area contributed by atoms with Crippen molar-refractivity contribution in [2.75, 3.05) is 7.11 Å². The highest BCUT2D eigenvalue weighted by molar-refractivity contribution is 7.97. The van der Waals surface area contributed by atoms with E-state index in [0.717, 1.165) is 0 Å². The summed E-state index contributed by atoms with van der Waals surface area (Å²) in [4.78, 5) is 14.4. The smallest absolute Gasteiger partial charge is 0.308 e. The van der Waals surface area contributed by atoms with E-state index >= 15 is 0 Å². The quantitative estimate of drug-likeness (QED) is 0.444. The molecule has 3 heteroatoms. The van der Waals surface area contributed by atoms with Crippen LogP contribution in [0.3, 0.4) is 0 Å². The Morgan fingerprint density at radius 1 is 0.692 bits per heavy atom. The molecule has 0 saturated carbocycles. The van der Waals surface area contributed by atoms with E-state index in [1.807, 2.05) is 0 Å². The maximum Gasteiger partial charge on any atom is 0.308 e. The number of carbonyl (C=O) groups excluding carboxylic acids is 1. The van der Waals surface area contributed by atoms with E-state index in [0.29, 0.717) is 0 Å². The predicted molar refractivity (Wildman–Crippen MR) is 108 cm³/mol. The van der Waals surface area contributed by atoms with E-state index in [9.17, 15) is 4.79 Å². The molecular formula is C23H25O2S+. The van der Waals surface area contributed by atoms with Gasteiger partial charge in [0.15, 0.2) is 14.7 Å². The molecule has 0 aliphatic rings. The van der Waals surface area contributed by atoms with Gasteiger partial charge in [-0.15, -0.1) is 0 Å². The van der Waals surface area contributed by atoms with Crippen LogP contribution in [0.5, 0.6) is 0 Å². The molecule has 3 aromatic rings. The Morgan fingerprint density at radius 2 is 1.00 bits per heavy atom. The second kappa shape index (κ2) is 10.5. The van der Waals surface area contributed by atoms with Gasteiger partial charge in [-0.25, -0.2) is 0 Å². The zero-order chi connectivity index (χ0) is 18.8. The molecular weight excluding hydrogens is 340 g/mol. The molecule has 3 aromatic carbocycles. The Bertz CT molecular complexity index is 677. The molecule has 0 heterocycles. The third-order valence-electron chi connectivity index (χ3n) is 3.61. The molecule has 0 aromatic heterocycles. The fourth-order valence-corrected chi connectivity index (χ4v) is 4.42. The van der Waals surface area contributed by atoms with E-state index < -0.39 is 0 Å². The first-order valence-electron chi connectivity index (χ1n) is 8.60. The first kappa shape index (κ1) is 19.8. The van der Waals surface area contributed by atoms with Crippen LogP contribution < -0.4 is 0 Å². The molecule has 0 amide bonds. The van der Waals surface area contributed by atoms with Gasteiger partial charge < -0.3 is 4.74 Å². The SMILES string of the molecule is COC(=O)C(C)C.c1ccc([S+](c2ccccc2)c2ccccc2)cc1. The number of esters is 1. The zero-order valence-corrected chi connectivity index (χ0v) is 16.3. The average molecular weight is 366 g/mol. The lowest BCUT2D eigenvalue weighted by atomic mass is 10.2. The van der Waals surface area contributed by atoms with Gasteiger partial charge in [-0.1, -0.05) is 68.4 Å². The Morgan fingerprint density at radius 3 is 1.19 bits per heavy atom. The molecule has 26 heavy (non-hydrogen) atoms. The number of carbonyl (C=O) groups is 1. The third-order valence-corrected chi connectivity index (χ3v) is 5.84. The predicted octanol–water partition coefficient (Wildman–Crippen LogP) is 5.60. The van der Waals surface area contributed by atoms with E-state index in [4.69, 9.17) is 0 Å². The lowest BCUT2D eigenvalue weighted by molar-refractivity contribution is -0.144. The molecule has 2 nitrogen and oxygen atoms in total. The fourth-order valence-electron chi connectivity index (χ4n) is 2.31. The van der Waals surface area contributed by atoms with Gasteiger partial charge in [-0.05, 0) is 36.4 Å². The van der Waals surface area contributed by atoms with Crippen LogP contribution in [0.2, 0.25) is 0 Å². The molecule has 0 bridgehead atoms. The summed E-state index contributed by atoms with van der Waals surface area (Å²) in [6, 6.07) is 32.2. The van der Waals surface area contributed by atoms with Crippen molar-refractivity contribution in [1.29, 1.82) is 0 Å². The Balaban J connectivity index is 0.000000298. The van der Waals surface area contributed by atoms with Crippen LogP contribution in [0.15, 0.2) is 106 Å². The number of rotatable bonds is 4. The number of ether oxygens (including phenoxy) is 1. The zero-order valence-electron chi connectivity index (χ0n) is 15.5. The maximum absolute atomic E-state index is 10.3. The minimum absolute atomic E-state index is 0.00463. The topological polar surface area (TPSA) is 26.3 Å². The third kappa shape index (κ3) is 5.78. The van der Waals surface area contributed by atoms with Crippen molar-refractivity contribution in [3.8, 4) is 0 Å². The molecule has 0 saturated heterocycles. The fraction of sp³-hybridized carbons (Fsp3) is 0.174. The Hall–Kier alpha value is -2.52. The van der Waals surface area contributed by atoms with Gasteiger partial charge in [0.2, 0.25) is 0 Å². The summed E-state index contributed by atoms with van der Waals surface area (Å²) in [5.74, 6) is -0.148. The van der Waals surface area contributed by atoms with Crippen molar-refractivity contribution in [3.05, 3.63) is 91.0 Å². The van der Waals surface area contributed by atoms with Crippen LogP contribution in [-0.2, 0) is 20.4 Å². The first-order chi connectivity index (χ1) is 12.6. The highest BCUT2D eigenvalue weighted by Crippen LogP contribution is 2.30. The van der Waals surface area contributed by atoms with Gasteiger partial charge in [-0.2, -0.15) is 0 Å². The summed E-state index contributed by atoms with van der Waals surface area (Å²) in [5, 5.41) is 0. The van der Waals surface area contributed by atoms with Crippen LogP contribution in [0.25, 0.3) is 0 Å². The van der Waals surface area contributed by atoms with Crippen molar-refractivity contribution < 1.29 is 9.53 Å². The van der Waals surface area contributed by atoms with E-state index in [2.05, 4.69) is 95.7 Å². The molecule has 0 radical (unpaired) electrons. The maximum atomic E-state index is 10.3. The first-order valence-corrected chi connectivity index (χ1v) is 9.83.